The fourth-order valence-corrected chi connectivity index (χ4v) is 4.85. The molecule has 0 fully saturated rings. The molecule has 1 heterocycles. The molecular formula is C26H23CoN3O. The average molecular weight is 452 g/mol. The number of hydrogen-bond donors (Lipinski definition) is 1. The molecule has 3 aromatic carbocycles. The summed E-state index contributed by atoms with van der Waals surface area (Å²) < 4.78 is 0. The van der Waals surface area contributed by atoms with Crippen molar-refractivity contribution >= 4 is 17.8 Å². The van der Waals surface area contributed by atoms with Gasteiger partial charge < -0.3 is 10.0 Å². The van der Waals surface area contributed by atoms with Gasteiger partial charge in [-0.3, -0.25) is 0 Å². The second kappa shape index (κ2) is 8.53. The van der Waals surface area contributed by atoms with E-state index in [1.54, 1.807) is 18.3 Å². The Morgan fingerprint density at radius 2 is 1.52 bits per heavy atom. The Morgan fingerprint density at radius 1 is 0.903 bits per heavy atom. The summed E-state index contributed by atoms with van der Waals surface area (Å²) in [4.78, 5) is 2.26. The average Bonchev–Trinajstić information content (AvgIpc) is 3.28. The van der Waals surface area contributed by atoms with E-state index in [-0.39, 0.29) is 28.1 Å². The number of likely N-dealkylation sites (N-methyl/N-ethyl adjacent to an activating group) is 1. The molecule has 0 amide bonds. The van der Waals surface area contributed by atoms with Crippen LogP contribution in [0.4, 0.5) is 5.69 Å². The number of fused-ring (bicyclic) bond motifs is 3. The molecular weight excluding hydrogens is 429 g/mol. The molecule has 0 aromatic heterocycles. The van der Waals surface area contributed by atoms with Crippen LogP contribution in [-0.2, 0) is 35.0 Å². The third kappa shape index (κ3) is 3.60. The quantitative estimate of drug-likeness (QED) is 0.344. The molecule has 1 N–H and O–H groups in total. The molecule has 31 heavy (non-hydrogen) atoms. The summed E-state index contributed by atoms with van der Waals surface area (Å²) in [5, 5.41) is 18.2. The van der Waals surface area contributed by atoms with Crippen molar-refractivity contribution in [3.63, 3.8) is 0 Å². The molecule has 2 aliphatic rings. The summed E-state index contributed by atoms with van der Waals surface area (Å²) in [6, 6.07) is 26.6. The molecule has 1 radical (unpaired) electrons. The molecule has 0 saturated carbocycles. The zero-order chi connectivity index (χ0) is 20.6. The SMILES string of the molecule is CN1\C(=C/C=N/N=C(\O)c2ccccc2)C2(Cc3ccccc3C2)c2ccccc21.[Co]. The fourth-order valence-electron chi connectivity index (χ4n) is 4.85. The second-order valence-electron chi connectivity index (χ2n) is 7.89. The van der Waals surface area contributed by atoms with E-state index in [2.05, 4.69) is 70.7 Å². The second-order valence-corrected chi connectivity index (χ2v) is 7.89. The van der Waals surface area contributed by atoms with E-state index in [4.69, 9.17) is 0 Å². The Morgan fingerprint density at radius 3 is 2.23 bits per heavy atom. The normalized spacial score (nSPS) is 17.8. The van der Waals surface area contributed by atoms with Crippen molar-refractivity contribution in [3.05, 3.63) is 113 Å². The first-order valence-electron chi connectivity index (χ1n) is 10.2. The molecule has 1 aliphatic heterocycles. The number of aliphatic hydroxyl groups excluding tert-OH is 1. The number of para-hydroxylation sites is 1. The molecule has 1 aliphatic carbocycles. The Hall–Kier alpha value is -3.15. The van der Waals surface area contributed by atoms with E-state index in [1.165, 1.54) is 28.1 Å². The van der Waals surface area contributed by atoms with Crippen LogP contribution < -0.4 is 4.90 Å². The summed E-state index contributed by atoms with van der Waals surface area (Å²) in [7, 11) is 2.11. The van der Waals surface area contributed by atoms with Crippen LogP contribution in [0.1, 0.15) is 22.3 Å². The van der Waals surface area contributed by atoms with Gasteiger partial charge >= 0.3 is 0 Å². The maximum absolute atomic E-state index is 10.1. The molecule has 4 nitrogen and oxygen atoms in total. The van der Waals surface area contributed by atoms with Gasteiger partial charge in [-0.15, -0.1) is 5.10 Å². The molecule has 0 saturated heterocycles. The van der Waals surface area contributed by atoms with E-state index in [0.717, 1.165) is 12.8 Å². The molecule has 0 bridgehead atoms. The smallest absolute Gasteiger partial charge is 0.238 e. The van der Waals surface area contributed by atoms with E-state index in [0.29, 0.717) is 5.56 Å². The predicted octanol–water partition coefficient (Wildman–Crippen LogP) is 5.05. The number of hydrogen-bond acceptors (Lipinski definition) is 3. The topological polar surface area (TPSA) is 48.2 Å². The van der Waals surface area contributed by atoms with Crippen molar-refractivity contribution in [2.75, 3.05) is 11.9 Å². The monoisotopic (exact) mass is 452 g/mol. The van der Waals surface area contributed by atoms with Gasteiger partial charge in [-0.1, -0.05) is 60.7 Å². The third-order valence-electron chi connectivity index (χ3n) is 6.22. The maximum atomic E-state index is 10.1. The zero-order valence-corrected chi connectivity index (χ0v) is 18.2. The molecule has 5 rings (SSSR count). The number of nitrogens with zero attached hydrogens (tertiary/aromatic N) is 3. The maximum Gasteiger partial charge on any atom is 0.238 e. The molecule has 157 valence electrons. The molecule has 5 heteroatoms. The van der Waals surface area contributed by atoms with Crippen LogP contribution in [0.25, 0.3) is 0 Å². The largest absolute Gasteiger partial charge is 0.492 e. The first kappa shape index (κ1) is 21.1. The molecule has 3 aromatic rings. The van der Waals surface area contributed by atoms with Crippen molar-refractivity contribution in [1.82, 2.24) is 0 Å². The summed E-state index contributed by atoms with van der Waals surface area (Å²) in [6.07, 6.45) is 5.67. The summed E-state index contributed by atoms with van der Waals surface area (Å²) in [5.74, 6) is -0.0868. The van der Waals surface area contributed by atoms with Crippen LogP contribution in [-0.4, -0.2) is 24.3 Å². The number of allylic oxidation sites excluding steroid dienone is 2. The van der Waals surface area contributed by atoms with Gasteiger partial charge in [-0.2, -0.15) is 5.10 Å². The van der Waals surface area contributed by atoms with Crippen LogP contribution in [0.3, 0.4) is 0 Å². The van der Waals surface area contributed by atoms with Crippen molar-refractivity contribution in [3.8, 4) is 0 Å². The van der Waals surface area contributed by atoms with E-state index in [9.17, 15) is 5.11 Å². The molecule has 0 unspecified atom stereocenters. The standard InChI is InChI=1S/C26H23N3O.Co/c1-29-23-14-8-7-13-22(23)26(17-20-11-5-6-12-21(20)18-26)24(29)15-16-27-28-25(30)19-9-3-2-4-10-19;/h2-16H,17-18H2,1H3,(H,28,30);/b24-15-,27-16+;. The Bertz CT molecular complexity index is 1160. The van der Waals surface area contributed by atoms with Crippen molar-refractivity contribution in [2.45, 2.75) is 18.3 Å². The van der Waals surface area contributed by atoms with Gasteiger partial charge in [0.25, 0.3) is 0 Å². The number of anilines is 1. The third-order valence-corrected chi connectivity index (χ3v) is 6.22. The summed E-state index contributed by atoms with van der Waals surface area (Å²) in [6.45, 7) is 0. The van der Waals surface area contributed by atoms with Crippen molar-refractivity contribution in [1.29, 1.82) is 0 Å². The minimum absolute atomic E-state index is 0. The van der Waals surface area contributed by atoms with Gasteiger partial charge in [0.1, 0.15) is 0 Å². The number of rotatable bonds is 3. The van der Waals surface area contributed by atoms with Crippen LogP contribution in [0.15, 0.2) is 101 Å². The van der Waals surface area contributed by atoms with Gasteiger partial charge in [0.05, 0.1) is 6.21 Å². The Balaban J connectivity index is 0.00000231. The van der Waals surface area contributed by atoms with Gasteiger partial charge in [0.15, 0.2) is 0 Å². The van der Waals surface area contributed by atoms with Crippen LogP contribution >= 0.6 is 0 Å². The Labute approximate surface area is 192 Å². The number of benzene rings is 3. The summed E-state index contributed by atoms with van der Waals surface area (Å²) >= 11 is 0. The van der Waals surface area contributed by atoms with Crippen LogP contribution in [0.2, 0.25) is 0 Å². The van der Waals surface area contributed by atoms with Crippen molar-refractivity contribution in [2.24, 2.45) is 10.2 Å². The van der Waals surface area contributed by atoms with Gasteiger partial charge in [-0.05, 0) is 53.8 Å². The van der Waals surface area contributed by atoms with Gasteiger partial charge in [-0.25, -0.2) is 0 Å². The van der Waals surface area contributed by atoms with Crippen LogP contribution in [0.5, 0.6) is 0 Å². The predicted molar refractivity (Wildman–Crippen MR) is 123 cm³/mol. The molecule has 0 atom stereocenters. The first-order chi connectivity index (χ1) is 14.7. The minimum Gasteiger partial charge on any atom is -0.492 e. The zero-order valence-electron chi connectivity index (χ0n) is 17.2. The summed E-state index contributed by atoms with van der Waals surface area (Å²) in [5.41, 5.74) is 7.18. The van der Waals surface area contributed by atoms with E-state index < -0.39 is 0 Å². The van der Waals surface area contributed by atoms with Crippen LogP contribution in [0, 0.1) is 0 Å². The van der Waals surface area contributed by atoms with E-state index >= 15 is 0 Å². The Kier molecular flexibility index (Phi) is 5.81. The minimum atomic E-state index is -0.0910. The fraction of sp³-hybridized carbons (Fsp3) is 0.154. The van der Waals surface area contributed by atoms with Crippen molar-refractivity contribution < 1.29 is 21.9 Å². The molecule has 1 spiro atoms. The number of aliphatic hydroxyl groups is 1. The van der Waals surface area contributed by atoms with E-state index in [1.807, 2.05) is 24.3 Å². The first-order valence-corrected chi connectivity index (χ1v) is 10.2. The van der Waals surface area contributed by atoms with Gasteiger partial charge in [0.2, 0.25) is 5.90 Å². The van der Waals surface area contributed by atoms with Gasteiger partial charge in [0, 0.05) is 46.2 Å².